The van der Waals surface area contributed by atoms with E-state index in [4.69, 9.17) is 0 Å². The number of hydrogen-bond donors (Lipinski definition) is 3. The van der Waals surface area contributed by atoms with Gasteiger partial charge in [-0.25, -0.2) is 0 Å². The van der Waals surface area contributed by atoms with E-state index in [2.05, 4.69) is 60.8 Å². The largest absolute Gasteiger partial charge is 0.351 e. The molecule has 0 aromatic heterocycles. The molecular weight excluding hydrogens is 334 g/mol. The Morgan fingerprint density at radius 2 is 1.63 bits per heavy atom. The summed E-state index contributed by atoms with van der Waals surface area (Å²) in [6.07, 6.45) is 2.02. The number of amides is 1. The van der Waals surface area contributed by atoms with E-state index in [1.807, 2.05) is 6.07 Å². The van der Waals surface area contributed by atoms with Crippen molar-refractivity contribution in [2.75, 3.05) is 39.3 Å². The van der Waals surface area contributed by atoms with Crippen LogP contribution in [0.5, 0.6) is 0 Å². The van der Waals surface area contributed by atoms with Crippen LogP contribution in [0.2, 0.25) is 0 Å². The van der Waals surface area contributed by atoms with Gasteiger partial charge in [-0.3, -0.25) is 4.79 Å². The smallest absolute Gasteiger partial charge is 0.275 e. The SMILES string of the molecule is Cc1cccc(C[NH+]2CC[NH+](CC(=O)NCCCc3ccccc3)CC2)c1. The van der Waals surface area contributed by atoms with Crippen LogP contribution in [-0.4, -0.2) is 45.2 Å². The molecule has 1 aliphatic heterocycles. The number of benzene rings is 2. The molecule has 144 valence electrons. The van der Waals surface area contributed by atoms with E-state index in [0.717, 1.165) is 52.1 Å². The first-order chi connectivity index (χ1) is 13.2. The van der Waals surface area contributed by atoms with Gasteiger partial charge in [0.1, 0.15) is 32.7 Å². The summed E-state index contributed by atoms with van der Waals surface area (Å²) in [4.78, 5) is 15.2. The van der Waals surface area contributed by atoms with Gasteiger partial charge in [-0.1, -0.05) is 60.2 Å². The summed E-state index contributed by atoms with van der Waals surface area (Å²) in [5.74, 6) is 0.195. The van der Waals surface area contributed by atoms with Gasteiger partial charge >= 0.3 is 0 Å². The molecule has 0 saturated carbocycles. The molecule has 1 heterocycles. The number of carbonyl (C=O) groups excluding carboxylic acids is 1. The molecule has 1 amide bonds. The fourth-order valence-electron chi connectivity index (χ4n) is 3.88. The fraction of sp³-hybridized carbons (Fsp3) is 0.435. The van der Waals surface area contributed by atoms with Crippen molar-refractivity contribution in [1.29, 1.82) is 0 Å². The number of aryl methyl sites for hydroxylation is 2. The lowest BCUT2D eigenvalue weighted by Crippen LogP contribution is -3.28. The molecule has 1 saturated heterocycles. The van der Waals surface area contributed by atoms with E-state index >= 15 is 0 Å². The highest BCUT2D eigenvalue weighted by molar-refractivity contribution is 5.76. The highest BCUT2D eigenvalue weighted by atomic mass is 16.2. The van der Waals surface area contributed by atoms with E-state index in [1.165, 1.54) is 21.6 Å². The molecule has 1 aliphatic rings. The fourth-order valence-corrected chi connectivity index (χ4v) is 3.88. The third-order valence-electron chi connectivity index (χ3n) is 5.42. The molecule has 27 heavy (non-hydrogen) atoms. The predicted octanol–water partition coefficient (Wildman–Crippen LogP) is 0.0274. The summed E-state index contributed by atoms with van der Waals surface area (Å²) in [6, 6.07) is 19.3. The minimum atomic E-state index is 0.195. The molecular formula is C23H33N3O+2. The molecule has 3 N–H and O–H groups in total. The summed E-state index contributed by atoms with van der Waals surface area (Å²) in [6.45, 7) is 9.08. The number of rotatable bonds is 8. The summed E-state index contributed by atoms with van der Waals surface area (Å²) in [5.41, 5.74) is 4.09. The van der Waals surface area contributed by atoms with E-state index in [9.17, 15) is 4.79 Å². The molecule has 2 aromatic rings. The zero-order valence-corrected chi connectivity index (χ0v) is 16.5. The van der Waals surface area contributed by atoms with Gasteiger partial charge in [-0.15, -0.1) is 0 Å². The number of piperazine rings is 1. The lowest BCUT2D eigenvalue weighted by atomic mass is 10.1. The predicted molar refractivity (Wildman–Crippen MR) is 109 cm³/mol. The first kappa shape index (κ1) is 19.6. The third kappa shape index (κ3) is 6.81. The average Bonchev–Trinajstić information content (AvgIpc) is 2.68. The summed E-state index contributed by atoms with van der Waals surface area (Å²) >= 11 is 0. The summed E-state index contributed by atoms with van der Waals surface area (Å²) in [5, 5.41) is 3.09. The maximum atomic E-state index is 12.2. The second kappa shape index (κ2) is 10.2. The molecule has 4 heteroatoms. The van der Waals surface area contributed by atoms with Crippen LogP contribution < -0.4 is 15.1 Å². The van der Waals surface area contributed by atoms with Crippen LogP contribution in [0.3, 0.4) is 0 Å². The zero-order valence-electron chi connectivity index (χ0n) is 16.5. The van der Waals surface area contributed by atoms with Crippen molar-refractivity contribution in [3.05, 3.63) is 71.3 Å². The maximum absolute atomic E-state index is 12.2. The molecule has 0 spiro atoms. The molecule has 3 rings (SSSR count). The van der Waals surface area contributed by atoms with Crippen LogP contribution in [0, 0.1) is 6.92 Å². The number of carbonyl (C=O) groups is 1. The van der Waals surface area contributed by atoms with E-state index < -0.39 is 0 Å². The highest BCUT2D eigenvalue weighted by Gasteiger charge is 2.24. The number of quaternary nitrogens is 2. The van der Waals surface area contributed by atoms with Crippen molar-refractivity contribution in [1.82, 2.24) is 5.32 Å². The van der Waals surface area contributed by atoms with E-state index in [0.29, 0.717) is 6.54 Å². The van der Waals surface area contributed by atoms with Crippen LogP contribution >= 0.6 is 0 Å². The Morgan fingerprint density at radius 3 is 2.37 bits per heavy atom. The second-order valence-corrected chi connectivity index (χ2v) is 7.78. The van der Waals surface area contributed by atoms with Crippen LogP contribution in [0.15, 0.2) is 54.6 Å². The van der Waals surface area contributed by atoms with Gasteiger partial charge in [0.25, 0.3) is 5.91 Å². The van der Waals surface area contributed by atoms with Gasteiger partial charge in [0.15, 0.2) is 6.54 Å². The first-order valence-electron chi connectivity index (χ1n) is 10.2. The highest BCUT2D eigenvalue weighted by Crippen LogP contribution is 2.02. The van der Waals surface area contributed by atoms with Gasteiger partial charge in [-0.05, 0) is 25.3 Å². The Labute approximate surface area is 163 Å². The Kier molecular flexibility index (Phi) is 7.43. The Hall–Kier alpha value is -2.17. The van der Waals surface area contributed by atoms with Gasteiger partial charge in [0, 0.05) is 12.1 Å². The van der Waals surface area contributed by atoms with Crippen LogP contribution in [0.4, 0.5) is 0 Å². The Bertz CT molecular complexity index is 709. The summed E-state index contributed by atoms with van der Waals surface area (Å²) in [7, 11) is 0. The van der Waals surface area contributed by atoms with Gasteiger partial charge in [-0.2, -0.15) is 0 Å². The van der Waals surface area contributed by atoms with Crippen molar-refractivity contribution >= 4 is 5.91 Å². The molecule has 0 aliphatic carbocycles. The monoisotopic (exact) mass is 367 g/mol. The lowest BCUT2D eigenvalue weighted by molar-refractivity contribution is -1.02. The average molecular weight is 368 g/mol. The maximum Gasteiger partial charge on any atom is 0.275 e. The zero-order chi connectivity index (χ0) is 18.9. The standard InChI is InChI=1S/C23H31N3O/c1-20-7-5-10-22(17-20)18-25-13-15-26(16-14-25)19-23(27)24-12-6-11-21-8-3-2-4-9-21/h2-5,7-10,17H,6,11-16,18-19H2,1H3,(H,24,27)/p+2. The van der Waals surface area contributed by atoms with Crippen molar-refractivity contribution < 1.29 is 14.6 Å². The quantitative estimate of drug-likeness (QED) is 0.566. The lowest BCUT2D eigenvalue weighted by Gasteiger charge is -2.29. The van der Waals surface area contributed by atoms with E-state index in [1.54, 1.807) is 4.90 Å². The van der Waals surface area contributed by atoms with Gasteiger partial charge in [0.05, 0.1) is 0 Å². The summed E-state index contributed by atoms with van der Waals surface area (Å²) < 4.78 is 0. The van der Waals surface area contributed by atoms with Crippen LogP contribution in [0.25, 0.3) is 0 Å². The second-order valence-electron chi connectivity index (χ2n) is 7.78. The minimum Gasteiger partial charge on any atom is -0.351 e. The molecule has 0 radical (unpaired) electrons. The molecule has 1 fully saturated rings. The van der Waals surface area contributed by atoms with Crippen LogP contribution in [-0.2, 0) is 17.8 Å². The van der Waals surface area contributed by atoms with Gasteiger partial charge in [0.2, 0.25) is 0 Å². The normalized spacial score (nSPS) is 19.6. The van der Waals surface area contributed by atoms with Crippen LogP contribution in [0.1, 0.15) is 23.1 Å². The van der Waals surface area contributed by atoms with Crippen molar-refractivity contribution in [3.63, 3.8) is 0 Å². The molecule has 0 bridgehead atoms. The Morgan fingerprint density at radius 1 is 0.926 bits per heavy atom. The topological polar surface area (TPSA) is 38.0 Å². The molecule has 2 aromatic carbocycles. The van der Waals surface area contributed by atoms with Crippen molar-refractivity contribution in [2.45, 2.75) is 26.3 Å². The van der Waals surface area contributed by atoms with E-state index in [-0.39, 0.29) is 5.91 Å². The number of hydrogen-bond acceptors (Lipinski definition) is 1. The Balaban J connectivity index is 1.30. The minimum absolute atomic E-state index is 0.195. The molecule has 4 nitrogen and oxygen atoms in total. The molecule has 0 unspecified atom stereocenters. The molecule has 0 atom stereocenters. The van der Waals surface area contributed by atoms with Crippen molar-refractivity contribution in [2.24, 2.45) is 0 Å². The van der Waals surface area contributed by atoms with Crippen molar-refractivity contribution in [3.8, 4) is 0 Å². The van der Waals surface area contributed by atoms with Gasteiger partial charge < -0.3 is 15.1 Å². The third-order valence-corrected chi connectivity index (χ3v) is 5.42. The number of nitrogens with one attached hydrogen (secondary N) is 3. The first-order valence-corrected chi connectivity index (χ1v) is 10.2.